The number of fused-ring (bicyclic) bond motifs is 1. The molecule has 1 aromatic carbocycles. The molecular formula is C25H27N3O4S2. The average Bonchev–Trinajstić information content (AvgIpc) is 3.19. The summed E-state index contributed by atoms with van der Waals surface area (Å²) in [6.45, 7) is 7.30. The minimum absolute atomic E-state index is 0.193. The van der Waals surface area contributed by atoms with Crippen molar-refractivity contribution in [2.75, 3.05) is 5.75 Å². The Morgan fingerprint density at radius 1 is 1.24 bits per heavy atom. The first-order valence-electron chi connectivity index (χ1n) is 11.0. The minimum Gasteiger partial charge on any atom is -0.455 e. The van der Waals surface area contributed by atoms with Crippen LogP contribution in [-0.2, 0) is 25.5 Å². The van der Waals surface area contributed by atoms with Crippen LogP contribution in [0.2, 0.25) is 0 Å². The number of aryl methyl sites for hydroxylation is 1. The number of carbonyl (C=O) groups is 3. The number of thioether (sulfide) groups is 1. The fourth-order valence-electron chi connectivity index (χ4n) is 3.74. The molecule has 2 aromatic rings. The van der Waals surface area contributed by atoms with Gasteiger partial charge >= 0.3 is 5.97 Å². The van der Waals surface area contributed by atoms with E-state index < -0.39 is 17.6 Å². The summed E-state index contributed by atoms with van der Waals surface area (Å²) >= 11 is 3.03. The van der Waals surface area contributed by atoms with E-state index in [-0.39, 0.29) is 29.3 Å². The molecule has 0 saturated carbocycles. The van der Waals surface area contributed by atoms with Crippen LogP contribution in [0.15, 0.2) is 53.2 Å². The number of amides is 2. The van der Waals surface area contributed by atoms with Gasteiger partial charge in [0.2, 0.25) is 5.91 Å². The molecule has 2 amide bonds. The average molecular weight is 498 g/mol. The standard InChI is InChI=1S/C25H27N3O4S2/c1-15-18(34-14-26-15)11-10-17-13-33-23-20(27-19(29)12-16-8-6-5-7-9-16)22(30)28(23)21(17)24(31)32-25(2,3)4/h5-11,14,20,23H,12-13H2,1-4H3,(H,27,29)/t20?,23-/m0/s1. The SMILES string of the molecule is Cc1ncsc1C=CC1=C(C(=O)OC(C)(C)C)N2C(=O)C(NC(=O)Cc3ccccc3)[C@@H]2SC1. The number of hydrogen-bond acceptors (Lipinski definition) is 7. The molecular weight excluding hydrogens is 470 g/mol. The van der Waals surface area contributed by atoms with Crippen molar-refractivity contribution < 1.29 is 19.1 Å². The van der Waals surface area contributed by atoms with Gasteiger partial charge in [0.05, 0.1) is 17.6 Å². The lowest BCUT2D eigenvalue weighted by Crippen LogP contribution is -2.70. The van der Waals surface area contributed by atoms with Crippen molar-refractivity contribution in [2.45, 2.75) is 51.1 Å². The van der Waals surface area contributed by atoms with E-state index in [0.717, 1.165) is 16.1 Å². The van der Waals surface area contributed by atoms with Gasteiger partial charge in [0.1, 0.15) is 22.7 Å². The number of nitrogens with zero attached hydrogens (tertiary/aromatic N) is 2. The van der Waals surface area contributed by atoms with Crippen LogP contribution in [-0.4, -0.2) is 50.4 Å². The molecule has 1 unspecified atom stereocenters. The molecule has 0 spiro atoms. The van der Waals surface area contributed by atoms with Crippen molar-refractivity contribution in [3.63, 3.8) is 0 Å². The van der Waals surface area contributed by atoms with Crippen molar-refractivity contribution in [1.82, 2.24) is 15.2 Å². The zero-order chi connectivity index (χ0) is 24.5. The maximum absolute atomic E-state index is 13.1. The molecule has 9 heteroatoms. The molecule has 0 bridgehead atoms. The van der Waals surface area contributed by atoms with Crippen molar-refractivity contribution in [3.8, 4) is 0 Å². The first kappa shape index (κ1) is 24.2. The lowest BCUT2D eigenvalue weighted by atomic mass is 10.0. The van der Waals surface area contributed by atoms with Gasteiger partial charge in [0.15, 0.2) is 0 Å². The Kier molecular flexibility index (Phi) is 6.95. The Bertz CT molecular complexity index is 1160. The number of hydrogen-bond donors (Lipinski definition) is 1. The van der Waals surface area contributed by atoms with E-state index >= 15 is 0 Å². The number of allylic oxidation sites excluding steroid dienone is 1. The molecule has 2 atom stereocenters. The van der Waals surface area contributed by atoms with E-state index in [4.69, 9.17) is 4.74 Å². The van der Waals surface area contributed by atoms with E-state index in [1.54, 1.807) is 26.3 Å². The van der Waals surface area contributed by atoms with Crippen LogP contribution in [0.1, 0.15) is 36.9 Å². The van der Waals surface area contributed by atoms with Gasteiger partial charge in [0.25, 0.3) is 5.91 Å². The number of carbonyl (C=O) groups excluding carboxylic acids is 3. The van der Waals surface area contributed by atoms with Crippen LogP contribution in [0.4, 0.5) is 0 Å². The van der Waals surface area contributed by atoms with Crippen molar-refractivity contribution >= 4 is 47.0 Å². The van der Waals surface area contributed by atoms with Gasteiger partial charge in [-0.3, -0.25) is 14.5 Å². The molecule has 2 aliphatic heterocycles. The minimum atomic E-state index is -0.704. The Morgan fingerprint density at radius 2 is 1.97 bits per heavy atom. The highest BCUT2D eigenvalue weighted by Crippen LogP contribution is 2.41. The van der Waals surface area contributed by atoms with Crippen LogP contribution in [0, 0.1) is 6.92 Å². The van der Waals surface area contributed by atoms with Crippen LogP contribution in [0.3, 0.4) is 0 Å². The quantitative estimate of drug-likeness (QED) is 0.484. The van der Waals surface area contributed by atoms with Gasteiger partial charge in [-0.2, -0.15) is 0 Å². The van der Waals surface area contributed by atoms with Gasteiger partial charge in [-0.25, -0.2) is 9.78 Å². The molecule has 178 valence electrons. The van der Waals surface area contributed by atoms with Gasteiger partial charge in [0, 0.05) is 10.6 Å². The summed E-state index contributed by atoms with van der Waals surface area (Å²) in [5.41, 5.74) is 3.81. The highest BCUT2D eigenvalue weighted by molar-refractivity contribution is 8.00. The molecule has 1 saturated heterocycles. The molecule has 1 fully saturated rings. The maximum atomic E-state index is 13.1. The summed E-state index contributed by atoms with van der Waals surface area (Å²) in [6.07, 6.45) is 3.97. The van der Waals surface area contributed by atoms with Gasteiger partial charge < -0.3 is 10.1 Å². The summed E-state index contributed by atoms with van der Waals surface area (Å²) in [4.78, 5) is 45.5. The predicted molar refractivity (Wildman–Crippen MR) is 134 cm³/mol. The Labute approximate surface area is 207 Å². The number of benzene rings is 1. The lowest BCUT2D eigenvalue weighted by Gasteiger charge is -2.49. The largest absolute Gasteiger partial charge is 0.455 e. The molecule has 3 heterocycles. The smallest absolute Gasteiger partial charge is 0.355 e. The monoisotopic (exact) mass is 497 g/mol. The third kappa shape index (κ3) is 5.26. The second-order valence-electron chi connectivity index (χ2n) is 9.13. The molecule has 2 aliphatic rings. The van der Waals surface area contributed by atoms with Crippen molar-refractivity contribution in [1.29, 1.82) is 0 Å². The van der Waals surface area contributed by atoms with Crippen LogP contribution in [0.5, 0.6) is 0 Å². The van der Waals surface area contributed by atoms with Gasteiger partial charge in [-0.15, -0.1) is 23.1 Å². The lowest BCUT2D eigenvalue weighted by molar-refractivity contribution is -0.158. The number of rotatable bonds is 6. The normalized spacial score (nSPS) is 20.2. The Morgan fingerprint density at radius 3 is 2.62 bits per heavy atom. The summed E-state index contributed by atoms with van der Waals surface area (Å²) in [7, 11) is 0. The van der Waals surface area contributed by atoms with Crippen LogP contribution >= 0.6 is 23.1 Å². The number of aromatic nitrogens is 1. The number of β-lactam (4-membered cyclic amide) rings is 1. The summed E-state index contributed by atoms with van der Waals surface area (Å²) < 4.78 is 5.63. The van der Waals surface area contributed by atoms with E-state index in [1.807, 2.05) is 49.4 Å². The zero-order valence-electron chi connectivity index (χ0n) is 19.5. The number of thiazole rings is 1. The molecule has 34 heavy (non-hydrogen) atoms. The van der Waals surface area contributed by atoms with Gasteiger partial charge in [-0.1, -0.05) is 36.4 Å². The molecule has 1 aromatic heterocycles. The fourth-order valence-corrected chi connectivity index (χ4v) is 5.75. The number of ether oxygens (including phenoxy) is 1. The predicted octanol–water partition coefficient (Wildman–Crippen LogP) is 3.70. The summed E-state index contributed by atoms with van der Waals surface area (Å²) in [5, 5.41) is 2.50. The molecule has 1 N–H and O–H groups in total. The number of nitrogens with one attached hydrogen (secondary N) is 1. The van der Waals surface area contributed by atoms with Crippen LogP contribution < -0.4 is 5.32 Å². The third-order valence-electron chi connectivity index (χ3n) is 5.33. The zero-order valence-corrected chi connectivity index (χ0v) is 21.2. The van der Waals surface area contributed by atoms with Crippen molar-refractivity contribution in [3.05, 3.63) is 69.3 Å². The van der Waals surface area contributed by atoms with E-state index in [2.05, 4.69) is 10.3 Å². The topological polar surface area (TPSA) is 88.6 Å². The molecule has 0 aliphatic carbocycles. The highest BCUT2D eigenvalue weighted by atomic mass is 32.2. The van der Waals surface area contributed by atoms with Gasteiger partial charge in [-0.05, 0) is 44.9 Å². The summed E-state index contributed by atoms with van der Waals surface area (Å²) in [6, 6.07) is 8.70. The van der Waals surface area contributed by atoms with Crippen LogP contribution in [0.25, 0.3) is 6.08 Å². The Balaban J connectivity index is 1.55. The fraction of sp³-hybridized carbons (Fsp3) is 0.360. The first-order chi connectivity index (χ1) is 16.1. The second kappa shape index (κ2) is 9.76. The van der Waals surface area contributed by atoms with Crippen molar-refractivity contribution in [2.24, 2.45) is 0 Å². The number of esters is 1. The summed E-state index contributed by atoms with van der Waals surface area (Å²) in [5.74, 6) is -0.554. The van der Waals surface area contributed by atoms with E-state index in [0.29, 0.717) is 11.3 Å². The molecule has 0 radical (unpaired) electrons. The van der Waals surface area contributed by atoms with E-state index in [9.17, 15) is 14.4 Å². The maximum Gasteiger partial charge on any atom is 0.355 e. The first-order valence-corrected chi connectivity index (χ1v) is 12.9. The second-order valence-corrected chi connectivity index (χ2v) is 11.1. The highest BCUT2D eigenvalue weighted by Gasteiger charge is 2.54. The Hall–Kier alpha value is -2.91. The molecule has 4 rings (SSSR count). The van der Waals surface area contributed by atoms with E-state index in [1.165, 1.54) is 28.0 Å². The molecule has 7 nitrogen and oxygen atoms in total. The third-order valence-corrected chi connectivity index (χ3v) is 7.53.